The molecule has 1 heterocycles. The molecule has 0 bridgehead atoms. The molecule has 3 rings (SSSR count). The fraction of sp³-hybridized carbons (Fsp3) is 0.208. The normalized spacial score (nSPS) is 10.5. The smallest absolute Gasteiger partial charge is 0.271 e. The predicted octanol–water partition coefficient (Wildman–Crippen LogP) is 3.94. The number of ether oxygens (including phenoxy) is 1. The highest BCUT2D eigenvalue weighted by Gasteiger charge is 2.25. The molecule has 0 fully saturated rings. The summed E-state index contributed by atoms with van der Waals surface area (Å²) in [4.78, 5) is 26.0. The summed E-state index contributed by atoms with van der Waals surface area (Å²) in [5.41, 5.74) is -0.209. The lowest BCUT2D eigenvalue weighted by molar-refractivity contribution is 0.103. The van der Waals surface area contributed by atoms with Gasteiger partial charge in [-0.05, 0) is 48.7 Å². The Balaban J connectivity index is 2.12. The van der Waals surface area contributed by atoms with Crippen molar-refractivity contribution in [3.63, 3.8) is 0 Å². The number of aromatic hydroxyl groups is 1. The second-order valence-corrected chi connectivity index (χ2v) is 7.03. The van der Waals surface area contributed by atoms with Crippen molar-refractivity contribution in [3.05, 3.63) is 92.5 Å². The fourth-order valence-corrected chi connectivity index (χ4v) is 3.23. The molecule has 6 nitrogen and oxygen atoms in total. The van der Waals surface area contributed by atoms with Gasteiger partial charge in [-0.1, -0.05) is 31.2 Å². The lowest BCUT2D eigenvalue weighted by Gasteiger charge is -2.16. The number of nitriles is 1. The number of hydrogen-bond donors (Lipinski definition) is 1. The zero-order valence-corrected chi connectivity index (χ0v) is 17.2. The van der Waals surface area contributed by atoms with E-state index < -0.39 is 23.0 Å². The minimum absolute atomic E-state index is 0.102. The van der Waals surface area contributed by atoms with Gasteiger partial charge in [0.15, 0.2) is 5.78 Å². The third kappa shape index (κ3) is 4.48. The van der Waals surface area contributed by atoms with Crippen LogP contribution in [0.1, 0.15) is 46.0 Å². The molecule has 7 heteroatoms. The van der Waals surface area contributed by atoms with Crippen LogP contribution < -0.4 is 10.3 Å². The third-order valence-electron chi connectivity index (χ3n) is 4.85. The molecular formula is C24H21FN2O4. The highest BCUT2D eigenvalue weighted by Crippen LogP contribution is 2.27. The number of nitrogens with zero attached hydrogens (tertiary/aromatic N) is 2. The molecule has 0 saturated carbocycles. The summed E-state index contributed by atoms with van der Waals surface area (Å²) in [6.45, 7) is 3.78. The van der Waals surface area contributed by atoms with Gasteiger partial charge in [0, 0.05) is 5.56 Å². The van der Waals surface area contributed by atoms with Crippen LogP contribution in [-0.2, 0) is 6.54 Å². The molecule has 2 aromatic carbocycles. The number of benzene rings is 2. The maximum atomic E-state index is 13.3. The minimum Gasteiger partial charge on any atom is -0.494 e. The van der Waals surface area contributed by atoms with E-state index in [0.29, 0.717) is 17.9 Å². The number of pyridine rings is 1. The van der Waals surface area contributed by atoms with Crippen LogP contribution in [0, 0.1) is 24.1 Å². The minimum atomic E-state index is -0.724. The first kappa shape index (κ1) is 21.8. The van der Waals surface area contributed by atoms with Crippen molar-refractivity contribution in [2.24, 2.45) is 0 Å². The molecule has 0 radical (unpaired) electrons. The van der Waals surface area contributed by atoms with Crippen molar-refractivity contribution < 1.29 is 19.0 Å². The van der Waals surface area contributed by atoms with E-state index in [-0.39, 0.29) is 28.8 Å². The van der Waals surface area contributed by atoms with Crippen LogP contribution in [0.5, 0.6) is 11.6 Å². The Morgan fingerprint density at radius 2 is 1.94 bits per heavy atom. The zero-order chi connectivity index (χ0) is 22.5. The Labute approximate surface area is 178 Å². The molecule has 0 aliphatic carbocycles. The van der Waals surface area contributed by atoms with Crippen LogP contribution in [0.2, 0.25) is 0 Å². The predicted molar refractivity (Wildman–Crippen MR) is 113 cm³/mol. The van der Waals surface area contributed by atoms with Crippen molar-refractivity contribution >= 4 is 5.78 Å². The Kier molecular flexibility index (Phi) is 6.51. The topological polar surface area (TPSA) is 92.3 Å². The first-order valence-electron chi connectivity index (χ1n) is 9.75. The van der Waals surface area contributed by atoms with E-state index in [1.54, 1.807) is 24.3 Å². The molecule has 0 spiro atoms. The van der Waals surface area contributed by atoms with Gasteiger partial charge in [-0.25, -0.2) is 4.39 Å². The maximum absolute atomic E-state index is 13.3. The highest BCUT2D eigenvalue weighted by molar-refractivity contribution is 6.11. The fourth-order valence-electron chi connectivity index (χ4n) is 3.23. The molecule has 0 amide bonds. The third-order valence-corrected chi connectivity index (χ3v) is 4.85. The number of aromatic nitrogens is 1. The molecule has 0 aliphatic rings. The van der Waals surface area contributed by atoms with Gasteiger partial charge >= 0.3 is 0 Å². The van der Waals surface area contributed by atoms with Crippen LogP contribution in [-0.4, -0.2) is 22.1 Å². The molecular weight excluding hydrogens is 399 g/mol. The Morgan fingerprint density at radius 3 is 2.58 bits per heavy atom. The van der Waals surface area contributed by atoms with Crippen molar-refractivity contribution in [1.29, 1.82) is 5.26 Å². The first-order valence-corrected chi connectivity index (χ1v) is 9.75. The van der Waals surface area contributed by atoms with Gasteiger partial charge in [0.25, 0.3) is 5.56 Å². The number of hydrogen-bond acceptors (Lipinski definition) is 5. The molecule has 3 aromatic rings. The van der Waals surface area contributed by atoms with Crippen molar-refractivity contribution in [2.45, 2.75) is 26.8 Å². The van der Waals surface area contributed by atoms with Gasteiger partial charge in [-0.15, -0.1) is 0 Å². The van der Waals surface area contributed by atoms with E-state index in [1.165, 1.54) is 31.2 Å². The summed E-state index contributed by atoms with van der Waals surface area (Å²) in [5, 5.41) is 20.4. The zero-order valence-electron chi connectivity index (χ0n) is 17.2. The largest absolute Gasteiger partial charge is 0.494 e. The lowest BCUT2D eigenvalue weighted by atomic mass is 9.97. The average Bonchev–Trinajstić information content (AvgIpc) is 2.77. The van der Waals surface area contributed by atoms with E-state index in [4.69, 9.17) is 4.74 Å². The monoisotopic (exact) mass is 420 g/mol. The Morgan fingerprint density at radius 1 is 1.23 bits per heavy atom. The average molecular weight is 420 g/mol. The van der Waals surface area contributed by atoms with Gasteiger partial charge in [-0.2, -0.15) is 5.26 Å². The van der Waals surface area contributed by atoms with Crippen molar-refractivity contribution in [2.75, 3.05) is 6.61 Å². The summed E-state index contributed by atoms with van der Waals surface area (Å²) >= 11 is 0. The maximum Gasteiger partial charge on any atom is 0.271 e. The summed E-state index contributed by atoms with van der Waals surface area (Å²) < 4.78 is 19.7. The van der Waals surface area contributed by atoms with E-state index in [2.05, 4.69) is 0 Å². The highest BCUT2D eigenvalue weighted by atomic mass is 19.1. The standard InChI is InChI=1S/C24H21FN2O4/c1-3-11-31-19-6-4-5-17(12-19)22(28)21-15(2)20(13-26)23(29)27(24(21)30)14-16-7-9-18(25)10-8-16/h4-10,12,30H,3,11,14H2,1-2H3. The quantitative estimate of drug-likeness (QED) is 0.585. The molecule has 0 atom stereocenters. The molecule has 1 N–H and O–H groups in total. The van der Waals surface area contributed by atoms with Crippen molar-refractivity contribution in [3.8, 4) is 17.7 Å². The molecule has 0 unspecified atom stereocenters. The Bertz CT molecular complexity index is 1220. The summed E-state index contributed by atoms with van der Waals surface area (Å²) in [5.74, 6) is -1.02. The van der Waals surface area contributed by atoms with E-state index >= 15 is 0 Å². The van der Waals surface area contributed by atoms with E-state index in [1.807, 2.05) is 13.0 Å². The second kappa shape index (κ2) is 9.26. The molecule has 0 aliphatic heterocycles. The lowest BCUT2D eigenvalue weighted by Crippen LogP contribution is -2.27. The summed E-state index contributed by atoms with van der Waals surface area (Å²) in [6, 6.07) is 13.7. The second-order valence-electron chi connectivity index (χ2n) is 7.03. The number of carbonyl (C=O) groups is 1. The van der Waals surface area contributed by atoms with Gasteiger partial charge in [0.2, 0.25) is 5.88 Å². The summed E-state index contributed by atoms with van der Waals surface area (Å²) in [6.07, 6.45) is 0.804. The molecule has 0 saturated heterocycles. The van der Waals surface area contributed by atoms with Gasteiger partial charge in [-0.3, -0.25) is 14.2 Å². The van der Waals surface area contributed by atoms with Crippen LogP contribution in [0.15, 0.2) is 53.3 Å². The Hall–Kier alpha value is -3.92. The van der Waals surface area contributed by atoms with Crippen LogP contribution in [0.3, 0.4) is 0 Å². The first-order chi connectivity index (χ1) is 14.9. The molecule has 1 aromatic heterocycles. The van der Waals surface area contributed by atoms with Gasteiger partial charge in [0.1, 0.15) is 23.2 Å². The SMILES string of the molecule is CCCOc1cccc(C(=O)c2c(C)c(C#N)c(=O)n(Cc3ccc(F)cc3)c2O)c1. The van der Waals surface area contributed by atoms with Crippen LogP contribution >= 0.6 is 0 Å². The number of halogens is 1. The number of rotatable bonds is 7. The van der Waals surface area contributed by atoms with Crippen LogP contribution in [0.25, 0.3) is 0 Å². The number of ketones is 1. The van der Waals surface area contributed by atoms with Gasteiger partial charge < -0.3 is 9.84 Å². The van der Waals surface area contributed by atoms with Crippen LogP contribution in [0.4, 0.5) is 4.39 Å². The van der Waals surface area contributed by atoms with Crippen molar-refractivity contribution in [1.82, 2.24) is 4.57 Å². The van der Waals surface area contributed by atoms with E-state index in [9.17, 15) is 24.3 Å². The van der Waals surface area contributed by atoms with Gasteiger partial charge in [0.05, 0.1) is 18.7 Å². The molecule has 158 valence electrons. The summed E-state index contributed by atoms with van der Waals surface area (Å²) in [7, 11) is 0. The molecule has 31 heavy (non-hydrogen) atoms. The number of carbonyl (C=O) groups excluding carboxylic acids is 1. The van der Waals surface area contributed by atoms with E-state index in [0.717, 1.165) is 11.0 Å².